The minimum Gasteiger partial charge on any atom is -0.488 e. The summed E-state index contributed by atoms with van der Waals surface area (Å²) in [7, 11) is 0. The zero-order valence-electron chi connectivity index (χ0n) is 11.8. The molecule has 1 N–H and O–H groups in total. The van der Waals surface area contributed by atoms with Gasteiger partial charge in [0.25, 0.3) is 0 Å². The Bertz CT molecular complexity index is 687. The summed E-state index contributed by atoms with van der Waals surface area (Å²) in [6, 6.07) is 11.6. The third-order valence-electron chi connectivity index (χ3n) is 2.71. The highest BCUT2D eigenvalue weighted by atomic mass is 79.9. The number of hydrogen-bond acceptors (Lipinski definition) is 3. The number of rotatable bonds is 5. The van der Waals surface area contributed by atoms with Crippen LogP contribution in [0, 0.1) is 5.82 Å². The van der Waals surface area contributed by atoms with Gasteiger partial charge in [0.1, 0.15) is 18.2 Å². The number of ether oxygens (including phenoxy) is 1. The van der Waals surface area contributed by atoms with Crippen LogP contribution in [0.3, 0.4) is 0 Å². The highest BCUT2D eigenvalue weighted by molar-refractivity contribution is 9.10. The molecule has 0 aliphatic carbocycles. The Kier molecular flexibility index (Phi) is 5.66. The summed E-state index contributed by atoms with van der Waals surface area (Å²) in [5, 5.41) is 3.83. The first-order valence-corrected chi connectivity index (χ1v) is 7.30. The molecule has 6 heteroatoms. The number of nitrogens with one attached hydrogen (secondary N) is 1. The fourth-order valence-corrected chi connectivity index (χ4v) is 2.06. The molecular formula is C16H14BrFN2O2. The number of hydrazone groups is 1. The first kappa shape index (κ1) is 16.2. The van der Waals surface area contributed by atoms with Crippen molar-refractivity contribution in [2.45, 2.75) is 13.5 Å². The van der Waals surface area contributed by atoms with Crippen molar-refractivity contribution in [1.82, 2.24) is 5.43 Å². The maximum absolute atomic E-state index is 12.9. The minimum absolute atomic E-state index is 0.250. The Labute approximate surface area is 136 Å². The highest BCUT2D eigenvalue weighted by Gasteiger charge is 2.04. The van der Waals surface area contributed by atoms with Gasteiger partial charge in [-0.1, -0.05) is 28.1 Å². The molecule has 2 aromatic carbocycles. The van der Waals surface area contributed by atoms with Crippen molar-refractivity contribution in [3.05, 3.63) is 63.9 Å². The van der Waals surface area contributed by atoms with Crippen LogP contribution in [0.2, 0.25) is 0 Å². The van der Waals surface area contributed by atoms with Gasteiger partial charge in [-0.15, -0.1) is 0 Å². The van der Waals surface area contributed by atoms with Crippen molar-refractivity contribution in [3.63, 3.8) is 0 Å². The average molecular weight is 365 g/mol. The molecule has 0 atom stereocenters. The molecule has 0 unspecified atom stereocenters. The largest absolute Gasteiger partial charge is 0.488 e. The number of carbonyl (C=O) groups excluding carboxylic acids is 1. The Morgan fingerprint density at radius 3 is 2.73 bits per heavy atom. The molecule has 2 aromatic rings. The highest BCUT2D eigenvalue weighted by Crippen LogP contribution is 2.22. The van der Waals surface area contributed by atoms with Crippen molar-refractivity contribution < 1.29 is 13.9 Å². The van der Waals surface area contributed by atoms with Gasteiger partial charge in [0.05, 0.1) is 6.21 Å². The molecule has 22 heavy (non-hydrogen) atoms. The molecule has 0 saturated heterocycles. The van der Waals surface area contributed by atoms with Gasteiger partial charge in [-0.3, -0.25) is 4.79 Å². The van der Waals surface area contributed by atoms with Crippen LogP contribution < -0.4 is 10.2 Å². The number of benzene rings is 2. The monoisotopic (exact) mass is 364 g/mol. The van der Waals surface area contributed by atoms with Crippen molar-refractivity contribution in [2.24, 2.45) is 5.10 Å². The lowest BCUT2D eigenvalue weighted by molar-refractivity contribution is -0.118. The van der Waals surface area contributed by atoms with Gasteiger partial charge in [-0.25, -0.2) is 9.82 Å². The molecule has 0 saturated carbocycles. The summed E-state index contributed by atoms with van der Waals surface area (Å²) < 4.78 is 19.5. The molecule has 0 bridgehead atoms. The molecule has 4 nitrogen and oxygen atoms in total. The lowest BCUT2D eigenvalue weighted by atomic mass is 10.2. The van der Waals surface area contributed by atoms with Crippen LogP contribution in [0.25, 0.3) is 0 Å². The normalized spacial score (nSPS) is 10.7. The molecule has 0 heterocycles. The number of amides is 1. The second kappa shape index (κ2) is 7.70. The molecular weight excluding hydrogens is 351 g/mol. The van der Waals surface area contributed by atoms with E-state index in [9.17, 15) is 9.18 Å². The molecule has 1 amide bonds. The van der Waals surface area contributed by atoms with E-state index in [4.69, 9.17) is 4.74 Å². The van der Waals surface area contributed by atoms with Gasteiger partial charge in [0.15, 0.2) is 0 Å². The third-order valence-corrected chi connectivity index (χ3v) is 3.20. The minimum atomic E-state index is -0.282. The van der Waals surface area contributed by atoms with E-state index in [-0.39, 0.29) is 11.7 Å². The fourth-order valence-electron chi connectivity index (χ4n) is 1.69. The van der Waals surface area contributed by atoms with Gasteiger partial charge >= 0.3 is 0 Å². The molecule has 0 aliphatic heterocycles. The van der Waals surface area contributed by atoms with Crippen molar-refractivity contribution >= 4 is 28.1 Å². The fraction of sp³-hybridized carbons (Fsp3) is 0.125. The summed E-state index contributed by atoms with van der Waals surface area (Å²) in [4.78, 5) is 10.8. The van der Waals surface area contributed by atoms with Crippen molar-refractivity contribution in [3.8, 4) is 5.75 Å². The molecule has 0 radical (unpaired) electrons. The maximum Gasteiger partial charge on any atom is 0.236 e. The van der Waals surface area contributed by atoms with Crippen LogP contribution in [0.4, 0.5) is 4.39 Å². The van der Waals surface area contributed by atoms with E-state index in [1.807, 2.05) is 12.1 Å². The Morgan fingerprint density at radius 2 is 2.05 bits per heavy atom. The number of hydrogen-bond donors (Lipinski definition) is 1. The van der Waals surface area contributed by atoms with Crippen LogP contribution in [0.5, 0.6) is 5.75 Å². The average Bonchev–Trinajstić information content (AvgIpc) is 2.48. The van der Waals surface area contributed by atoms with E-state index in [2.05, 4.69) is 26.5 Å². The zero-order chi connectivity index (χ0) is 15.9. The summed E-state index contributed by atoms with van der Waals surface area (Å²) in [6.07, 6.45) is 1.51. The van der Waals surface area contributed by atoms with Gasteiger partial charge < -0.3 is 4.74 Å². The molecule has 0 aromatic heterocycles. The number of carbonyl (C=O) groups is 1. The SMILES string of the molecule is CC(=O)N/N=C\c1cc(Br)ccc1OCc1ccc(F)cc1. The van der Waals surface area contributed by atoms with Crippen LogP contribution in [0.1, 0.15) is 18.1 Å². The standard InChI is InChI=1S/C16H14BrFN2O2/c1-11(21)20-19-9-13-8-14(17)4-7-16(13)22-10-12-2-5-15(18)6-3-12/h2-9H,10H2,1H3,(H,20,21)/b19-9-. The Hall–Kier alpha value is -2.21. The van der Waals surface area contributed by atoms with E-state index in [0.717, 1.165) is 10.0 Å². The molecule has 0 aliphatic rings. The number of nitrogens with zero attached hydrogens (tertiary/aromatic N) is 1. The van der Waals surface area contributed by atoms with Gasteiger partial charge in [-0.2, -0.15) is 5.10 Å². The maximum atomic E-state index is 12.9. The summed E-state index contributed by atoms with van der Waals surface area (Å²) in [6.45, 7) is 1.69. The predicted octanol–water partition coefficient (Wildman–Crippen LogP) is 3.64. The summed E-state index contributed by atoms with van der Waals surface area (Å²) >= 11 is 3.37. The van der Waals surface area contributed by atoms with E-state index in [0.29, 0.717) is 17.9 Å². The number of halogens is 2. The van der Waals surface area contributed by atoms with Crippen molar-refractivity contribution in [1.29, 1.82) is 0 Å². The zero-order valence-corrected chi connectivity index (χ0v) is 13.4. The molecule has 2 rings (SSSR count). The van der Waals surface area contributed by atoms with Crippen LogP contribution >= 0.6 is 15.9 Å². The van der Waals surface area contributed by atoms with Gasteiger partial charge in [0, 0.05) is 17.0 Å². The third kappa shape index (κ3) is 4.96. The van der Waals surface area contributed by atoms with E-state index >= 15 is 0 Å². The van der Waals surface area contributed by atoms with Crippen LogP contribution in [-0.4, -0.2) is 12.1 Å². The molecule has 114 valence electrons. The van der Waals surface area contributed by atoms with Crippen LogP contribution in [-0.2, 0) is 11.4 Å². The first-order chi connectivity index (χ1) is 10.5. The van der Waals surface area contributed by atoms with E-state index < -0.39 is 0 Å². The van der Waals surface area contributed by atoms with E-state index in [1.54, 1.807) is 18.2 Å². The van der Waals surface area contributed by atoms with E-state index in [1.165, 1.54) is 25.3 Å². The Morgan fingerprint density at radius 1 is 1.32 bits per heavy atom. The second-order valence-electron chi connectivity index (χ2n) is 4.52. The summed E-state index contributed by atoms with van der Waals surface area (Å²) in [5.74, 6) is 0.0807. The van der Waals surface area contributed by atoms with Crippen molar-refractivity contribution in [2.75, 3.05) is 0 Å². The Balaban J connectivity index is 2.10. The van der Waals surface area contributed by atoms with Gasteiger partial charge in [0.2, 0.25) is 5.91 Å². The second-order valence-corrected chi connectivity index (χ2v) is 5.44. The van der Waals surface area contributed by atoms with Gasteiger partial charge in [-0.05, 0) is 35.9 Å². The molecule has 0 spiro atoms. The predicted molar refractivity (Wildman–Crippen MR) is 86.3 cm³/mol. The first-order valence-electron chi connectivity index (χ1n) is 6.51. The lowest BCUT2D eigenvalue weighted by Crippen LogP contribution is -2.12. The summed E-state index contributed by atoms with van der Waals surface area (Å²) in [5.41, 5.74) is 3.91. The topological polar surface area (TPSA) is 50.7 Å². The smallest absolute Gasteiger partial charge is 0.236 e. The molecule has 0 fully saturated rings. The lowest BCUT2D eigenvalue weighted by Gasteiger charge is -2.09. The van der Waals surface area contributed by atoms with Crippen LogP contribution in [0.15, 0.2) is 52.0 Å². The quantitative estimate of drug-likeness (QED) is 0.650.